The Morgan fingerprint density at radius 2 is 1.53 bits per heavy atom. The number of carbonyl (C=O) groups is 1. The summed E-state index contributed by atoms with van der Waals surface area (Å²) in [5.41, 5.74) is 3.63. The highest BCUT2D eigenvalue weighted by Gasteiger charge is 2.22. The van der Waals surface area contributed by atoms with E-state index in [2.05, 4.69) is 16.4 Å². The summed E-state index contributed by atoms with van der Waals surface area (Å²) in [6.45, 7) is 5.28. The van der Waals surface area contributed by atoms with Crippen LogP contribution in [0.15, 0.2) is 66.9 Å². The molecule has 0 fully saturated rings. The van der Waals surface area contributed by atoms with Gasteiger partial charge in [-0.2, -0.15) is 0 Å². The number of H-pyrrole nitrogens is 1. The Kier molecular flexibility index (Phi) is 8.00. The van der Waals surface area contributed by atoms with Gasteiger partial charge in [0.25, 0.3) is 5.91 Å². The first kappa shape index (κ1) is 25.0. The van der Waals surface area contributed by atoms with Crippen LogP contribution in [0.25, 0.3) is 10.9 Å². The average Bonchev–Trinajstić information content (AvgIpc) is 3.34. The van der Waals surface area contributed by atoms with Crippen LogP contribution in [-0.2, 0) is 0 Å². The third-order valence-electron chi connectivity index (χ3n) is 6.08. The lowest BCUT2D eigenvalue weighted by Crippen LogP contribution is -2.29. The molecule has 1 atom stereocenters. The average molecular weight is 489 g/mol. The SMILES string of the molecule is CCOc1ccc(C(=O)NCC(c2ccc(OCC)c(OC)c2)c2c[nH]c3ccccc23)cc1OC. The van der Waals surface area contributed by atoms with Crippen molar-refractivity contribution in [2.24, 2.45) is 0 Å². The maximum Gasteiger partial charge on any atom is 0.251 e. The Bertz CT molecular complexity index is 1330. The summed E-state index contributed by atoms with van der Waals surface area (Å²) < 4.78 is 22.3. The number of amides is 1. The van der Waals surface area contributed by atoms with E-state index in [1.54, 1.807) is 32.4 Å². The lowest BCUT2D eigenvalue weighted by molar-refractivity contribution is 0.0952. The number of ether oxygens (including phenoxy) is 4. The van der Waals surface area contributed by atoms with E-state index < -0.39 is 0 Å². The lowest BCUT2D eigenvalue weighted by Gasteiger charge is -2.20. The predicted octanol–water partition coefficient (Wildman–Crippen LogP) is 5.54. The van der Waals surface area contributed by atoms with Gasteiger partial charge in [-0.05, 0) is 61.4 Å². The molecule has 0 saturated carbocycles. The highest BCUT2D eigenvalue weighted by Crippen LogP contribution is 2.36. The topological polar surface area (TPSA) is 81.8 Å². The van der Waals surface area contributed by atoms with Crippen LogP contribution in [0.1, 0.15) is 41.3 Å². The summed E-state index contributed by atoms with van der Waals surface area (Å²) in [5.74, 6) is 2.15. The summed E-state index contributed by atoms with van der Waals surface area (Å²) in [5, 5.41) is 4.21. The molecular formula is C29H32N2O5. The van der Waals surface area contributed by atoms with E-state index in [-0.39, 0.29) is 11.8 Å². The summed E-state index contributed by atoms with van der Waals surface area (Å²) in [6, 6.07) is 19.2. The molecule has 3 aromatic carbocycles. The molecule has 2 N–H and O–H groups in total. The molecule has 0 bridgehead atoms. The van der Waals surface area contributed by atoms with Crippen LogP contribution < -0.4 is 24.3 Å². The molecule has 0 aliphatic heterocycles. The van der Waals surface area contributed by atoms with Gasteiger partial charge in [0.2, 0.25) is 0 Å². The van der Waals surface area contributed by atoms with Crippen LogP contribution in [0.3, 0.4) is 0 Å². The minimum Gasteiger partial charge on any atom is -0.493 e. The summed E-state index contributed by atoms with van der Waals surface area (Å²) in [6.07, 6.45) is 2.00. The van der Waals surface area contributed by atoms with Crippen molar-refractivity contribution in [3.63, 3.8) is 0 Å². The van der Waals surface area contributed by atoms with Gasteiger partial charge in [0.1, 0.15) is 0 Å². The maximum absolute atomic E-state index is 13.2. The van der Waals surface area contributed by atoms with Crippen molar-refractivity contribution in [3.05, 3.63) is 83.6 Å². The van der Waals surface area contributed by atoms with Gasteiger partial charge >= 0.3 is 0 Å². The van der Waals surface area contributed by atoms with E-state index in [0.29, 0.717) is 48.3 Å². The molecule has 188 valence electrons. The molecule has 0 spiro atoms. The van der Waals surface area contributed by atoms with Crippen molar-refractivity contribution < 1.29 is 23.7 Å². The number of aromatic nitrogens is 1. The van der Waals surface area contributed by atoms with Gasteiger partial charge in [0, 0.05) is 35.1 Å². The number of fused-ring (bicyclic) bond motifs is 1. The first-order valence-corrected chi connectivity index (χ1v) is 12.0. The van der Waals surface area contributed by atoms with E-state index in [0.717, 1.165) is 22.0 Å². The second-order valence-corrected chi connectivity index (χ2v) is 8.19. The van der Waals surface area contributed by atoms with Crippen molar-refractivity contribution in [2.45, 2.75) is 19.8 Å². The smallest absolute Gasteiger partial charge is 0.251 e. The zero-order chi connectivity index (χ0) is 25.5. The molecule has 7 nitrogen and oxygen atoms in total. The number of hydrogen-bond acceptors (Lipinski definition) is 5. The fraction of sp³-hybridized carbons (Fsp3) is 0.276. The van der Waals surface area contributed by atoms with Crippen molar-refractivity contribution in [3.8, 4) is 23.0 Å². The van der Waals surface area contributed by atoms with E-state index in [4.69, 9.17) is 18.9 Å². The number of aromatic amines is 1. The second kappa shape index (κ2) is 11.5. The first-order valence-electron chi connectivity index (χ1n) is 12.0. The number of nitrogens with one attached hydrogen (secondary N) is 2. The Balaban J connectivity index is 1.66. The molecule has 0 saturated heterocycles. The molecule has 36 heavy (non-hydrogen) atoms. The number of hydrogen-bond donors (Lipinski definition) is 2. The number of carbonyl (C=O) groups excluding carboxylic acids is 1. The van der Waals surface area contributed by atoms with Crippen LogP contribution in [0, 0.1) is 0 Å². The standard InChI is InChI=1S/C29H32N2O5/c1-5-35-25-13-11-19(15-27(25)33-3)22(23-18-30-24-10-8-7-9-21(23)24)17-31-29(32)20-12-14-26(36-6-2)28(16-20)34-4/h7-16,18,22,30H,5-6,17H2,1-4H3,(H,31,32). The van der Waals surface area contributed by atoms with Gasteiger partial charge < -0.3 is 29.2 Å². The molecule has 7 heteroatoms. The Labute approximate surface area is 211 Å². The quantitative estimate of drug-likeness (QED) is 0.290. The van der Waals surface area contributed by atoms with Crippen LogP contribution in [0.5, 0.6) is 23.0 Å². The van der Waals surface area contributed by atoms with Crippen LogP contribution in [-0.4, -0.2) is 44.9 Å². The summed E-state index contributed by atoms with van der Waals surface area (Å²) in [7, 11) is 3.19. The van der Waals surface area contributed by atoms with E-state index >= 15 is 0 Å². The third-order valence-corrected chi connectivity index (χ3v) is 6.08. The van der Waals surface area contributed by atoms with Gasteiger partial charge in [-0.25, -0.2) is 0 Å². The van der Waals surface area contributed by atoms with Crippen LogP contribution >= 0.6 is 0 Å². The highest BCUT2D eigenvalue weighted by molar-refractivity contribution is 5.95. The largest absolute Gasteiger partial charge is 0.493 e. The molecule has 1 heterocycles. The molecule has 4 aromatic rings. The molecular weight excluding hydrogens is 456 g/mol. The Hall–Kier alpha value is -4.13. The normalized spacial score (nSPS) is 11.7. The monoisotopic (exact) mass is 488 g/mol. The predicted molar refractivity (Wildman–Crippen MR) is 141 cm³/mol. The number of rotatable bonds is 11. The van der Waals surface area contributed by atoms with E-state index in [1.165, 1.54) is 0 Å². The zero-order valence-electron chi connectivity index (χ0n) is 21.1. The fourth-order valence-corrected chi connectivity index (χ4v) is 4.35. The lowest BCUT2D eigenvalue weighted by atomic mass is 9.90. The zero-order valence-corrected chi connectivity index (χ0v) is 21.1. The minimum absolute atomic E-state index is 0.126. The van der Waals surface area contributed by atoms with Crippen molar-refractivity contribution in [1.82, 2.24) is 10.3 Å². The van der Waals surface area contributed by atoms with Gasteiger partial charge in [-0.3, -0.25) is 4.79 Å². The molecule has 4 rings (SSSR count). The van der Waals surface area contributed by atoms with Gasteiger partial charge in [0.05, 0.1) is 27.4 Å². The van der Waals surface area contributed by atoms with Gasteiger partial charge in [-0.15, -0.1) is 0 Å². The second-order valence-electron chi connectivity index (χ2n) is 8.19. The van der Waals surface area contributed by atoms with Crippen LogP contribution in [0.4, 0.5) is 0 Å². The van der Waals surface area contributed by atoms with Crippen LogP contribution in [0.2, 0.25) is 0 Å². The summed E-state index contributed by atoms with van der Waals surface area (Å²) in [4.78, 5) is 16.5. The molecule has 0 aliphatic rings. The minimum atomic E-state index is -0.195. The molecule has 1 aromatic heterocycles. The van der Waals surface area contributed by atoms with E-state index in [9.17, 15) is 4.79 Å². The Morgan fingerprint density at radius 3 is 2.22 bits per heavy atom. The van der Waals surface area contributed by atoms with E-state index in [1.807, 2.05) is 56.4 Å². The molecule has 0 radical (unpaired) electrons. The number of benzene rings is 3. The first-order chi connectivity index (χ1) is 17.6. The summed E-state index contributed by atoms with van der Waals surface area (Å²) >= 11 is 0. The van der Waals surface area contributed by atoms with Gasteiger partial charge in [0.15, 0.2) is 23.0 Å². The molecule has 1 unspecified atom stereocenters. The number of para-hydroxylation sites is 1. The van der Waals surface area contributed by atoms with Crippen molar-refractivity contribution in [1.29, 1.82) is 0 Å². The van der Waals surface area contributed by atoms with Gasteiger partial charge in [-0.1, -0.05) is 24.3 Å². The Morgan fingerprint density at radius 1 is 0.861 bits per heavy atom. The molecule has 0 aliphatic carbocycles. The molecule has 1 amide bonds. The fourth-order valence-electron chi connectivity index (χ4n) is 4.35. The number of methoxy groups -OCH3 is 2. The highest BCUT2D eigenvalue weighted by atomic mass is 16.5. The maximum atomic E-state index is 13.2. The third kappa shape index (κ3) is 5.25. The van der Waals surface area contributed by atoms with Crippen molar-refractivity contribution in [2.75, 3.05) is 34.0 Å². The van der Waals surface area contributed by atoms with Crippen molar-refractivity contribution >= 4 is 16.8 Å².